The first-order valence-corrected chi connectivity index (χ1v) is 5.22. The number of furan rings is 1. The van der Waals surface area contributed by atoms with Gasteiger partial charge < -0.3 is 4.42 Å². The summed E-state index contributed by atoms with van der Waals surface area (Å²) >= 11 is 1.10. The maximum Gasteiger partial charge on any atom is 0.420 e. The normalized spacial score (nSPS) is 11.5. The molecule has 0 saturated heterocycles. The Balaban J connectivity index is 2.23. The molecule has 17 heavy (non-hydrogen) atoms. The second-order valence-electron chi connectivity index (χ2n) is 2.95. The van der Waals surface area contributed by atoms with Gasteiger partial charge in [-0.2, -0.15) is 13.2 Å². The molecule has 1 amide bonds. The van der Waals surface area contributed by atoms with Crippen molar-refractivity contribution in [2.24, 2.45) is 0 Å². The summed E-state index contributed by atoms with van der Waals surface area (Å²) in [7, 11) is 0. The number of carbonyl (C=O) groups excluding carboxylic acids is 1. The largest absolute Gasteiger partial charge is 0.459 e. The van der Waals surface area contributed by atoms with Crippen molar-refractivity contribution in [3.8, 4) is 0 Å². The third-order valence-corrected chi connectivity index (χ3v) is 2.52. The molecule has 1 N–H and O–H groups in total. The third kappa shape index (κ3) is 2.47. The van der Waals surface area contributed by atoms with Gasteiger partial charge in [-0.25, -0.2) is 4.98 Å². The summed E-state index contributed by atoms with van der Waals surface area (Å²) in [5, 5.41) is 4.01. The molecule has 2 aromatic rings. The number of anilines is 1. The van der Waals surface area contributed by atoms with Crippen molar-refractivity contribution in [3.05, 3.63) is 35.2 Å². The van der Waals surface area contributed by atoms with Crippen molar-refractivity contribution in [2.45, 2.75) is 6.18 Å². The van der Waals surface area contributed by atoms with Gasteiger partial charge in [-0.3, -0.25) is 10.1 Å². The molecule has 2 aromatic heterocycles. The van der Waals surface area contributed by atoms with Crippen LogP contribution in [0.2, 0.25) is 0 Å². The molecular formula is C9H5F3N2O2S. The van der Waals surface area contributed by atoms with Crippen LogP contribution in [-0.4, -0.2) is 10.9 Å². The molecule has 0 aliphatic heterocycles. The van der Waals surface area contributed by atoms with Crippen LogP contribution in [0.4, 0.5) is 18.3 Å². The predicted molar refractivity (Wildman–Crippen MR) is 53.8 cm³/mol. The highest BCUT2D eigenvalue weighted by Gasteiger charge is 2.37. The summed E-state index contributed by atoms with van der Waals surface area (Å²) in [6.45, 7) is 0. The van der Waals surface area contributed by atoms with Crippen molar-refractivity contribution in [1.29, 1.82) is 0 Å². The van der Waals surface area contributed by atoms with Gasteiger partial charge in [-0.05, 0) is 6.07 Å². The number of carbonyl (C=O) groups is 1. The molecule has 2 heterocycles. The Hall–Kier alpha value is -1.83. The number of halogens is 3. The van der Waals surface area contributed by atoms with E-state index in [1.54, 1.807) is 5.38 Å². The van der Waals surface area contributed by atoms with E-state index in [0.717, 1.165) is 17.6 Å². The van der Waals surface area contributed by atoms with E-state index in [1.807, 2.05) is 0 Å². The average Bonchev–Trinajstić information content (AvgIpc) is 2.85. The minimum absolute atomic E-state index is 0.208. The van der Waals surface area contributed by atoms with Crippen molar-refractivity contribution >= 4 is 22.4 Å². The molecular weight excluding hydrogens is 257 g/mol. The van der Waals surface area contributed by atoms with E-state index < -0.39 is 23.4 Å². The van der Waals surface area contributed by atoms with E-state index >= 15 is 0 Å². The highest BCUT2D eigenvalue weighted by molar-refractivity contribution is 7.13. The zero-order chi connectivity index (χ0) is 12.5. The minimum atomic E-state index is -4.62. The molecule has 0 atom stereocenters. The van der Waals surface area contributed by atoms with Crippen LogP contribution in [0.5, 0.6) is 0 Å². The molecule has 0 aliphatic carbocycles. The van der Waals surface area contributed by atoms with E-state index in [9.17, 15) is 18.0 Å². The van der Waals surface area contributed by atoms with Crippen molar-refractivity contribution in [1.82, 2.24) is 4.98 Å². The minimum Gasteiger partial charge on any atom is -0.459 e. The summed E-state index contributed by atoms with van der Waals surface area (Å²) < 4.78 is 41.9. The molecule has 0 bridgehead atoms. The monoisotopic (exact) mass is 262 g/mol. The highest BCUT2D eigenvalue weighted by atomic mass is 32.1. The molecule has 2 rings (SSSR count). The predicted octanol–water partition coefficient (Wildman–Crippen LogP) is 3.01. The first kappa shape index (κ1) is 11.6. The number of alkyl halides is 3. The van der Waals surface area contributed by atoms with Gasteiger partial charge in [-0.15, -0.1) is 11.3 Å². The molecule has 0 aromatic carbocycles. The summed E-state index contributed by atoms with van der Waals surface area (Å²) in [5.74, 6) is -1.75. The number of hydrogen-bond donors (Lipinski definition) is 1. The van der Waals surface area contributed by atoms with E-state index in [-0.39, 0.29) is 5.13 Å². The smallest absolute Gasteiger partial charge is 0.420 e. The van der Waals surface area contributed by atoms with E-state index in [4.69, 9.17) is 0 Å². The van der Waals surface area contributed by atoms with Gasteiger partial charge >= 0.3 is 6.18 Å². The van der Waals surface area contributed by atoms with Gasteiger partial charge in [0, 0.05) is 11.6 Å². The first-order chi connectivity index (χ1) is 7.98. The van der Waals surface area contributed by atoms with Crippen molar-refractivity contribution in [2.75, 3.05) is 5.32 Å². The maximum atomic E-state index is 12.5. The van der Waals surface area contributed by atoms with Gasteiger partial charge in [0.05, 0.1) is 6.26 Å². The van der Waals surface area contributed by atoms with Crippen LogP contribution in [0.15, 0.2) is 28.3 Å². The van der Waals surface area contributed by atoms with E-state index in [2.05, 4.69) is 14.7 Å². The number of amides is 1. The molecule has 0 spiro atoms. The fourth-order valence-electron chi connectivity index (χ4n) is 1.15. The van der Waals surface area contributed by atoms with Crippen molar-refractivity contribution in [3.63, 3.8) is 0 Å². The lowest BCUT2D eigenvalue weighted by Crippen LogP contribution is -2.16. The van der Waals surface area contributed by atoms with Crippen LogP contribution in [0.3, 0.4) is 0 Å². The molecule has 0 fully saturated rings. The second kappa shape index (κ2) is 4.21. The van der Waals surface area contributed by atoms with Crippen LogP contribution in [0.25, 0.3) is 0 Å². The molecule has 0 aliphatic rings. The summed E-state index contributed by atoms with van der Waals surface area (Å²) in [6.07, 6.45) is -2.38. The van der Waals surface area contributed by atoms with Gasteiger partial charge in [0.15, 0.2) is 5.13 Å². The topological polar surface area (TPSA) is 55.1 Å². The zero-order valence-electron chi connectivity index (χ0n) is 8.12. The number of thiazole rings is 1. The Kier molecular flexibility index (Phi) is 2.88. The Morgan fingerprint density at radius 1 is 1.47 bits per heavy atom. The van der Waals surface area contributed by atoms with Gasteiger partial charge in [0.25, 0.3) is 5.91 Å². The Bertz CT molecular complexity index is 519. The molecule has 90 valence electrons. The van der Waals surface area contributed by atoms with Crippen molar-refractivity contribution < 1.29 is 22.4 Å². The molecule has 0 radical (unpaired) electrons. The van der Waals surface area contributed by atoms with Crippen LogP contribution in [0.1, 0.15) is 16.1 Å². The Labute approximate surface area is 97.1 Å². The summed E-state index contributed by atoms with van der Waals surface area (Å²) in [4.78, 5) is 15.2. The number of hydrogen-bond acceptors (Lipinski definition) is 4. The molecule has 8 heteroatoms. The highest BCUT2D eigenvalue weighted by Crippen LogP contribution is 2.33. The number of aromatic nitrogens is 1. The average molecular weight is 262 g/mol. The first-order valence-electron chi connectivity index (χ1n) is 4.34. The quantitative estimate of drug-likeness (QED) is 0.905. The van der Waals surface area contributed by atoms with Gasteiger partial charge in [0.1, 0.15) is 5.56 Å². The zero-order valence-corrected chi connectivity index (χ0v) is 8.93. The fourth-order valence-corrected chi connectivity index (χ4v) is 1.67. The lowest BCUT2D eigenvalue weighted by Gasteiger charge is -2.05. The standard InChI is InChI=1S/C9H5F3N2O2S/c10-9(11,12)5-1-3-16-6(5)7(15)14-8-13-2-4-17-8/h1-4H,(H,13,14,15). The van der Waals surface area contributed by atoms with E-state index in [1.165, 1.54) is 6.20 Å². The fraction of sp³-hybridized carbons (Fsp3) is 0.111. The van der Waals surface area contributed by atoms with Crippen LogP contribution in [0, 0.1) is 0 Å². The summed E-state index contributed by atoms with van der Waals surface area (Å²) in [6, 6.07) is 0.705. The lowest BCUT2D eigenvalue weighted by atomic mass is 10.2. The van der Waals surface area contributed by atoms with Gasteiger partial charge in [-0.1, -0.05) is 0 Å². The third-order valence-electron chi connectivity index (χ3n) is 1.83. The van der Waals surface area contributed by atoms with Crippen LogP contribution in [-0.2, 0) is 6.18 Å². The van der Waals surface area contributed by atoms with Gasteiger partial charge in [0.2, 0.25) is 5.76 Å². The summed E-state index contributed by atoms with van der Waals surface area (Å²) in [5.41, 5.74) is -1.11. The molecule has 0 unspecified atom stereocenters. The Morgan fingerprint density at radius 3 is 2.82 bits per heavy atom. The number of nitrogens with zero attached hydrogens (tertiary/aromatic N) is 1. The molecule has 0 saturated carbocycles. The second-order valence-corrected chi connectivity index (χ2v) is 3.85. The Morgan fingerprint density at radius 2 is 2.24 bits per heavy atom. The molecule has 4 nitrogen and oxygen atoms in total. The SMILES string of the molecule is O=C(Nc1nccs1)c1occc1C(F)(F)F. The van der Waals surface area contributed by atoms with Crippen LogP contribution >= 0.6 is 11.3 Å². The van der Waals surface area contributed by atoms with Crippen LogP contribution < -0.4 is 5.32 Å². The number of nitrogens with one attached hydrogen (secondary N) is 1. The van der Waals surface area contributed by atoms with E-state index in [0.29, 0.717) is 6.07 Å². The maximum absolute atomic E-state index is 12.5. The lowest BCUT2D eigenvalue weighted by molar-refractivity contribution is -0.138. The number of rotatable bonds is 2.